The molecule has 30 heavy (non-hydrogen) atoms. The van der Waals surface area contributed by atoms with E-state index < -0.39 is 12.1 Å². The Morgan fingerprint density at radius 1 is 1.20 bits per heavy atom. The van der Waals surface area contributed by atoms with Crippen LogP contribution in [0.4, 0.5) is 4.39 Å². The number of pyridine rings is 2. The molecule has 1 aliphatic carbocycles. The van der Waals surface area contributed by atoms with Gasteiger partial charge in [0, 0.05) is 22.6 Å². The molecule has 6 nitrogen and oxygen atoms in total. The van der Waals surface area contributed by atoms with Crippen LogP contribution in [0.5, 0.6) is 0 Å². The lowest BCUT2D eigenvalue weighted by Crippen LogP contribution is -2.33. The minimum atomic E-state index is -1.49. The van der Waals surface area contributed by atoms with E-state index in [9.17, 15) is 19.1 Å². The summed E-state index contributed by atoms with van der Waals surface area (Å²) >= 11 is 0. The molecule has 0 spiro atoms. The smallest absolute Gasteiger partial charge is 0.340 e. The molecule has 0 radical (unpaired) electrons. The van der Waals surface area contributed by atoms with Crippen molar-refractivity contribution in [3.63, 3.8) is 0 Å². The van der Waals surface area contributed by atoms with Gasteiger partial charge < -0.3 is 9.84 Å². The Balaban J connectivity index is 1.72. The number of benzene rings is 1. The van der Waals surface area contributed by atoms with E-state index in [0.29, 0.717) is 28.0 Å². The molecule has 6 rings (SSSR count). The Kier molecular flexibility index (Phi) is 3.41. The highest BCUT2D eigenvalue weighted by atomic mass is 19.1. The van der Waals surface area contributed by atoms with Crippen molar-refractivity contribution in [2.75, 3.05) is 0 Å². The van der Waals surface area contributed by atoms with Crippen LogP contribution in [0, 0.1) is 12.7 Å². The highest BCUT2D eigenvalue weighted by Crippen LogP contribution is 2.46. The Labute approximate surface area is 170 Å². The summed E-state index contributed by atoms with van der Waals surface area (Å²) in [6.45, 7) is 3.62. The van der Waals surface area contributed by atoms with Crippen LogP contribution in [0.2, 0.25) is 0 Å². The third-order valence-electron chi connectivity index (χ3n) is 6.90. The number of esters is 1. The van der Waals surface area contributed by atoms with Crippen molar-refractivity contribution in [1.29, 1.82) is 0 Å². The van der Waals surface area contributed by atoms with Crippen LogP contribution in [0.15, 0.2) is 16.9 Å². The topological polar surface area (TPSA) is 81.4 Å². The maximum atomic E-state index is 14.6. The number of ether oxygens (including phenoxy) is 1. The van der Waals surface area contributed by atoms with Gasteiger partial charge in [0.25, 0.3) is 5.56 Å². The van der Waals surface area contributed by atoms with E-state index in [4.69, 9.17) is 9.72 Å². The number of fused-ring (bicyclic) bond motifs is 5. The maximum Gasteiger partial charge on any atom is 0.340 e. The molecule has 1 N–H and O–H groups in total. The summed E-state index contributed by atoms with van der Waals surface area (Å²) in [5.74, 6) is -1.04. The average molecular weight is 406 g/mol. The first kappa shape index (κ1) is 17.8. The Morgan fingerprint density at radius 3 is 2.77 bits per heavy atom. The zero-order valence-corrected chi connectivity index (χ0v) is 16.6. The largest absolute Gasteiger partial charge is 0.458 e. The summed E-state index contributed by atoms with van der Waals surface area (Å²) in [6.07, 6.45) is 1.08. The molecule has 3 aliphatic rings. The molecule has 2 unspecified atom stereocenters. The van der Waals surface area contributed by atoms with Crippen LogP contribution >= 0.6 is 0 Å². The van der Waals surface area contributed by atoms with E-state index in [1.165, 1.54) is 6.07 Å². The quantitative estimate of drug-likeness (QED) is 0.581. The summed E-state index contributed by atoms with van der Waals surface area (Å²) in [5, 5.41) is 11.3. The Hall–Kier alpha value is -3.06. The number of carbonyl (C=O) groups is 1. The first-order chi connectivity index (χ1) is 14.4. The number of nitrogens with zero attached hydrogens (tertiary/aromatic N) is 2. The van der Waals surface area contributed by atoms with Gasteiger partial charge in [-0.1, -0.05) is 0 Å². The van der Waals surface area contributed by atoms with E-state index in [-0.39, 0.29) is 29.6 Å². The summed E-state index contributed by atoms with van der Waals surface area (Å²) in [6, 6.07) is 2.90. The van der Waals surface area contributed by atoms with E-state index in [1.807, 2.05) is 13.8 Å². The Bertz CT molecular complexity index is 1370. The van der Waals surface area contributed by atoms with Crippen molar-refractivity contribution in [1.82, 2.24) is 9.55 Å². The number of aromatic nitrogens is 2. The monoisotopic (exact) mass is 406 g/mol. The van der Waals surface area contributed by atoms with Gasteiger partial charge in [-0.05, 0) is 55.9 Å². The number of halogens is 1. The first-order valence-electron chi connectivity index (χ1n) is 10.2. The number of hydrogen-bond acceptors (Lipinski definition) is 5. The van der Waals surface area contributed by atoms with Gasteiger partial charge in [0.2, 0.25) is 0 Å². The van der Waals surface area contributed by atoms with E-state index in [0.717, 1.165) is 41.3 Å². The van der Waals surface area contributed by atoms with Crippen LogP contribution in [0.25, 0.3) is 22.3 Å². The van der Waals surface area contributed by atoms with Gasteiger partial charge in [-0.25, -0.2) is 14.2 Å². The normalized spacial score (nSPS) is 21.3. The fourth-order valence-corrected chi connectivity index (χ4v) is 5.45. The fraction of sp³-hybridized carbons (Fsp3) is 0.348. The Morgan fingerprint density at radius 2 is 1.97 bits per heavy atom. The fourth-order valence-electron chi connectivity index (χ4n) is 5.45. The van der Waals surface area contributed by atoms with Crippen molar-refractivity contribution in [3.8, 4) is 11.4 Å². The summed E-state index contributed by atoms with van der Waals surface area (Å²) in [4.78, 5) is 29.9. The molecule has 0 amide bonds. The van der Waals surface area contributed by atoms with E-state index in [1.54, 1.807) is 10.6 Å². The molecular weight excluding hydrogens is 387 g/mol. The predicted molar refractivity (Wildman–Crippen MR) is 107 cm³/mol. The minimum absolute atomic E-state index is 0.149. The molecule has 2 aromatic heterocycles. The number of carbonyl (C=O) groups excluding carboxylic acids is 1. The van der Waals surface area contributed by atoms with E-state index in [2.05, 4.69) is 0 Å². The number of aliphatic hydroxyl groups is 1. The minimum Gasteiger partial charge on any atom is -0.458 e. The third kappa shape index (κ3) is 2.03. The molecule has 1 aromatic carbocycles. The van der Waals surface area contributed by atoms with Crippen molar-refractivity contribution < 1.29 is 19.0 Å². The van der Waals surface area contributed by atoms with Gasteiger partial charge in [-0.2, -0.15) is 0 Å². The standard InChI is InChI=1S/C23H19FN2O4/c1-9-11-4-3-5-12-18-10(2)26-17(20(18)25-16(19(11)12)7-15(9)24)6-13-14(22(26)28)8-30-23(29)21(13)27/h6-7,10,21,27H,3-5,8H2,1-2H3. The third-order valence-corrected chi connectivity index (χ3v) is 6.90. The number of rotatable bonds is 0. The molecule has 2 atom stereocenters. The number of aliphatic hydroxyl groups excluding tert-OH is 1. The lowest BCUT2D eigenvalue weighted by atomic mass is 9.83. The van der Waals surface area contributed by atoms with Crippen molar-refractivity contribution >= 4 is 16.9 Å². The second kappa shape index (κ2) is 5.76. The summed E-state index contributed by atoms with van der Waals surface area (Å²) in [5.41, 5.74) is 5.84. The lowest BCUT2D eigenvalue weighted by molar-refractivity contribution is -0.157. The molecular formula is C23H19FN2O4. The van der Waals surface area contributed by atoms with Crippen molar-refractivity contribution in [2.24, 2.45) is 0 Å². The zero-order valence-electron chi connectivity index (χ0n) is 16.6. The molecule has 0 bridgehead atoms. The number of aryl methyl sites for hydroxylation is 2. The van der Waals surface area contributed by atoms with Gasteiger partial charge in [0.1, 0.15) is 12.4 Å². The maximum absolute atomic E-state index is 14.6. The van der Waals surface area contributed by atoms with Crippen LogP contribution in [-0.2, 0) is 29.0 Å². The van der Waals surface area contributed by atoms with Crippen LogP contribution in [0.1, 0.15) is 58.9 Å². The van der Waals surface area contributed by atoms with Gasteiger partial charge in [0.15, 0.2) is 6.10 Å². The van der Waals surface area contributed by atoms with Crippen molar-refractivity contribution in [3.05, 3.63) is 61.7 Å². The SMILES string of the molecule is Cc1c(F)cc2nc3c(c4c2c1CCC4)C(C)n1c-3cc2c(c1=O)COC(=O)C2O. The van der Waals surface area contributed by atoms with Crippen LogP contribution in [-0.4, -0.2) is 20.6 Å². The molecule has 152 valence electrons. The molecule has 4 heterocycles. The number of cyclic esters (lactones) is 1. The highest BCUT2D eigenvalue weighted by Gasteiger charge is 2.38. The molecule has 0 saturated carbocycles. The predicted octanol–water partition coefficient (Wildman–Crippen LogP) is 3.01. The summed E-state index contributed by atoms with van der Waals surface area (Å²) in [7, 11) is 0. The van der Waals surface area contributed by atoms with Crippen LogP contribution < -0.4 is 5.56 Å². The van der Waals surface area contributed by atoms with Gasteiger partial charge in [-0.3, -0.25) is 9.36 Å². The zero-order chi connectivity index (χ0) is 20.9. The number of hydrogen-bond donors (Lipinski definition) is 1. The second-order valence-electron chi connectivity index (χ2n) is 8.39. The molecule has 0 fully saturated rings. The van der Waals surface area contributed by atoms with Gasteiger partial charge >= 0.3 is 5.97 Å². The lowest BCUT2D eigenvalue weighted by Gasteiger charge is -2.23. The average Bonchev–Trinajstić information content (AvgIpc) is 3.01. The highest BCUT2D eigenvalue weighted by molar-refractivity contribution is 5.93. The van der Waals surface area contributed by atoms with Gasteiger partial charge in [-0.15, -0.1) is 0 Å². The summed E-state index contributed by atoms with van der Waals surface area (Å²) < 4.78 is 21.2. The molecule has 2 aliphatic heterocycles. The van der Waals surface area contributed by atoms with E-state index >= 15 is 0 Å². The first-order valence-corrected chi connectivity index (χ1v) is 10.2. The molecule has 7 heteroatoms. The van der Waals surface area contributed by atoms with Gasteiger partial charge in [0.05, 0.1) is 28.5 Å². The molecule has 0 saturated heterocycles. The second-order valence-corrected chi connectivity index (χ2v) is 8.39. The molecule has 3 aromatic rings. The van der Waals surface area contributed by atoms with Crippen LogP contribution in [0.3, 0.4) is 0 Å². The van der Waals surface area contributed by atoms with Crippen molar-refractivity contribution in [2.45, 2.75) is 51.9 Å².